The molecule has 0 radical (unpaired) electrons. The van der Waals surface area contributed by atoms with Crippen molar-refractivity contribution in [3.63, 3.8) is 0 Å². The number of benzene rings is 1. The molecule has 2 rings (SSSR count). The number of nitrogens with one attached hydrogen (secondary N) is 1. The predicted octanol–water partition coefficient (Wildman–Crippen LogP) is 3.95. The molecule has 0 saturated carbocycles. The number of hydrogen-bond acceptors (Lipinski definition) is 3. The van der Waals surface area contributed by atoms with Gasteiger partial charge < -0.3 is 15.0 Å². The lowest BCUT2D eigenvalue weighted by Gasteiger charge is -2.32. The van der Waals surface area contributed by atoms with Gasteiger partial charge >= 0.3 is 0 Å². The number of rotatable bonds is 7. The Labute approximate surface area is 137 Å². The molecular weight excluding hydrogens is 328 g/mol. The van der Waals surface area contributed by atoms with Crippen LogP contribution < -0.4 is 10.2 Å². The van der Waals surface area contributed by atoms with Crippen molar-refractivity contribution >= 4 is 21.6 Å². The molecule has 1 heterocycles. The van der Waals surface area contributed by atoms with Crippen LogP contribution in [0, 0.1) is 0 Å². The average molecular weight is 355 g/mol. The first kappa shape index (κ1) is 16.8. The second-order valence-corrected chi connectivity index (χ2v) is 6.75. The Bertz CT molecular complexity index is 452. The number of ether oxygens (including phenoxy) is 1. The minimum absolute atomic E-state index is 0.627. The van der Waals surface area contributed by atoms with Crippen LogP contribution >= 0.6 is 15.9 Å². The summed E-state index contributed by atoms with van der Waals surface area (Å²) in [6.45, 7) is 7.18. The fourth-order valence-electron chi connectivity index (χ4n) is 3.23. The van der Waals surface area contributed by atoms with Crippen LogP contribution in [0.15, 0.2) is 22.7 Å². The first-order valence-electron chi connectivity index (χ1n) is 7.93. The third kappa shape index (κ3) is 4.21. The minimum Gasteiger partial charge on any atom is -0.383 e. The van der Waals surface area contributed by atoms with Crippen LogP contribution in [0.5, 0.6) is 0 Å². The summed E-state index contributed by atoms with van der Waals surface area (Å²) in [6.07, 6.45) is 3.82. The molecule has 1 aliphatic rings. The Hall–Kier alpha value is -0.580. The molecule has 1 aromatic carbocycles. The van der Waals surface area contributed by atoms with E-state index in [1.165, 1.54) is 30.5 Å². The lowest BCUT2D eigenvalue weighted by atomic mass is 10.1. The number of methoxy groups -OCH3 is 1. The van der Waals surface area contributed by atoms with Crippen molar-refractivity contribution in [2.24, 2.45) is 0 Å². The van der Waals surface area contributed by atoms with Gasteiger partial charge in [-0.05, 0) is 43.9 Å². The Balaban J connectivity index is 2.18. The van der Waals surface area contributed by atoms with Gasteiger partial charge in [-0.25, -0.2) is 0 Å². The molecule has 1 fully saturated rings. The van der Waals surface area contributed by atoms with Crippen LogP contribution in [0.25, 0.3) is 0 Å². The monoisotopic (exact) mass is 354 g/mol. The van der Waals surface area contributed by atoms with Crippen molar-refractivity contribution in [2.75, 3.05) is 25.2 Å². The van der Waals surface area contributed by atoms with Crippen LogP contribution in [0.1, 0.15) is 38.7 Å². The molecule has 1 N–H and O–H groups in total. The van der Waals surface area contributed by atoms with Crippen molar-refractivity contribution < 1.29 is 4.74 Å². The van der Waals surface area contributed by atoms with E-state index < -0.39 is 0 Å². The molecular formula is C17H27BrN2O. The topological polar surface area (TPSA) is 24.5 Å². The van der Waals surface area contributed by atoms with E-state index in [0.29, 0.717) is 12.1 Å². The third-order valence-corrected chi connectivity index (χ3v) is 4.87. The maximum absolute atomic E-state index is 5.10. The summed E-state index contributed by atoms with van der Waals surface area (Å²) in [5, 5.41) is 3.47. The van der Waals surface area contributed by atoms with Gasteiger partial charge in [0.2, 0.25) is 0 Å². The molecule has 1 saturated heterocycles. The SMILES string of the molecule is CCC1CCC(C)N1c1cc(Br)ccc1CNCCOC. The van der Waals surface area contributed by atoms with Crippen LogP contribution in [0.2, 0.25) is 0 Å². The molecule has 2 atom stereocenters. The summed E-state index contributed by atoms with van der Waals surface area (Å²) < 4.78 is 6.26. The van der Waals surface area contributed by atoms with Gasteiger partial charge in [0.15, 0.2) is 0 Å². The molecule has 3 nitrogen and oxygen atoms in total. The molecule has 0 aliphatic carbocycles. The van der Waals surface area contributed by atoms with Crippen molar-refractivity contribution in [3.8, 4) is 0 Å². The summed E-state index contributed by atoms with van der Waals surface area (Å²) >= 11 is 3.63. The van der Waals surface area contributed by atoms with E-state index in [1.54, 1.807) is 7.11 Å². The maximum atomic E-state index is 5.10. The molecule has 0 spiro atoms. The Morgan fingerprint density at radius 2 is 2.19 bits per heavy atom. The highest BCUT2D eigenvalue weighted by atomic mass is 79.9. The van der Waals surface area contributed by atoms with Crippen molar-refractivity contribution in [1.82, 2.24) is 5.32 Å². The average Bonchev–Trinajstić information content (AvgIpc) is 2.85. The van der Waals surface area contributed by atoms with E-state index in [9.17, 15) is 0 Å². The van der Waals surface area contributed by atoms with Crippen LogP contribution in [-0.4, -0.2) is 32.3 Å². The van der Waals surface area contributed by atoms with Gasteiger partial charge in [0.1, 0.15) is 0 Å². The van der Waals surface area contributed by atoms with Gasteiger partial charge in [0, 0.05) is 42.4 Å². The third-order valence-electron chi connectivity index (χ3n) is 4.38. The molecule has 21 heavy (non-hydrogen) atoms. The molecule has 118 valence electrons. The lowest BCUT2D eigenvalue weighted by Crippen LogP contribution is -2.35. The number of nitrogens with zero attached hydrogens (tertiary/aromatic N) is 1. The maximum Gasteiger partial charge on any atom is 0.0587 e. The summed E-state index contributed by atoms with van der Waals surface area (Å²) in [5.74, 6) is 0. The van der Waals surface area contributed by atoms with E-state index in [2.05, 4.69) is 58.2 Å². The van der Waals surface area contributed by atoms with Gasteiger partial charge in [-0.3, -0.25) is 0 Å². The summed E-state index contributed by atoms with van der Waals surface area (Å²) in [5.41, 5.74) is 2.76. The Morgan fingerprint density at radius 3 is 2.90 bits per heavy atom. The molecule has 0 amide bonds. The van der Waals surface area contributed by atoms with E-state index in [4.69, 9.17) is 4.74 Å². The van der Waals surface area contributed by atoms with E-state index in [0.717, 1.165) is 24.2 Å². The molecule has 4 heteroatoms. The molecule has 0 bridgehead atoms. The molecule has 1 aromatic rings. The van der Waals surface area contributed by atoms with Gasteiger partial charge in [0.05, 0.1) is 6.61 Å². The fraction of sp³-hybridized carbons (Fsp3) is 0.647. The zero-order chi connectivity index (χ0) is 15.2. The fourth-order valence-corrected chi connectivity index (χ4v) is 3.58. The lowest BCUT2D eigenvalue weighted by molar-refractivity contribution is 0.199. The van der Waals surface area contributed by atoms with Crippen LogP contribution in [-0.2, 0) is 11.3 Å². The van der Waals surface area contributed by atoms with Crippen molar-refractivity contribution in [3.05, 3.63) is 28.2 Å². The summed E-state index contributed by atoms with van der Waals surface area (Å²) in [4.78, 5) is 2.62. The van der Waals surface area contributed by atoms with E-state index in [1.807, 2.05) is 0 Å². The number of halogens is 1. The second-order valence-electron chi connectivity index (χ2n) is 5.84. The zero-order valence-corrected chi connectivity index (χ0v) is 14.9. The highest BCUT2D eigenvalue weighted by Crippen LogP contribution is 2.35. The normalized spacial score (nSPS) is 22.0. The van der Waals surface area contributed by atoms with Gasteiger partial charge in [-0.2, -0.15) is 0 Å². The molecule has 2 unspecified atom stereocenters. The highest BCUT2D eigenvalue weighted by Gasteiger charge is 2.30. The summed E-state index contributed by atoms with van der Waals surface area (Å²) in [6, 6.07) is 7.95. The van der Waals surface area contributed by atoms with Gasteiger partial charge in [-0.1, -0.05) is 28.9 Å². The number of anilines is 1. The van der Waals surface area contributed by atoms with Crippen molar-refractivity contribution in [1.29, 1.82) is 0 Å². The Morgan fingerprint density at radius 1 is 1.38 bits per heavy atom. The number of hydrogen-bond donors (Lipinski definition) is 1. The van der Waals surface area contributed by atoms with Crippen LogP contribution in [0.4, 0.5) is 5.69 Å². The van der Waals surface area contributed by atoms with Crippen molar-refractivity contribution in [2.45, 2.75) is 51.7 Å². The largest absolute Gasteiger partial charge is 0.383 e. The smallest absolute Gasteiger partial charge is 0.0587 e. The first-order chi connectivity index (χ1) is 10.2. The standard InChI is InChI=1S/C17H27BrN2O/c1-4-16-8-5-13(2)20(16)17-11-15(18)7-6-14(17)12-19-9-10-21-3/h6-7,11,13,16,19H,4-5,8-10,12H2,1-3H3. The van der Waals surface area contributed by atoms with E-state index >= 15 is 0 Å². The van der Waals surface area contributed by atoms with Gasteiger partial charge in [0.25, 0.3) is 0 Å². The summed E-state index contributed by atoms with van der Waals surface area (Å²) in [7, 11) is 1.74. The second kappa shape index (κ2) is 8.16. The quantitative estimate of drug-likeness (QED) is 0.750. The first-order valence-corrected chi connectivity index (χ1v) is 8.73. The highest BCUT2D eigenvalue weighted by molar-refractivity contribution is 9.10. The Kier molecular flexibility index (Phi) is 6.52. The minimum atomic E-state index is 0.627. The van der Waals surface area contributed by atoms with Gasteiger partial charge in [-0.15, -0.1) is 0 Å². The molecule has 0 aromatic heterocycles. The predicted molar refractivity (Wildman–Crippen MR) is 93.0 cm³/mol. The zero-order valence-electron chi connectivity index (χ0n) is 13.4. The van der Waals surface area contributed by atoms with E-state index in [-0.39, 0.29) is 0 Å². The molecule has 1 aliphatic heterocycles. The van der Waals surface area contributed by atoms with Crippen LogP contribution in [0.3, 0.4) is 0 Å².